The van der Waals surface area contributed by atoms with Gasteiger partial charge >= 0.3 is 0 Å². The van der Waals surface area contributed by atoms with Gasteiger partial charge in [-0.2, -0.15) is 5.10 Å². The van der Waals surface area contributed by atoms with Crippen LogP contribution >= 0.6 is 23.1 Å². The number of nitrogens with zero attached hydrogens (tertiary/aromatic N) is 3. The molecular weight excluding hydrogens is 523 g/mol. The third-order valence-electron chi connectivity index (χ3n) is 6.31. The third kappa shape index (κ3) is 5.11. The van der Waals surface area contributed by atoms with Gasteiger partial charge in [0.2, 0.25) is 11.8 Å². The average molecular weight is 551 g/mol. The lowest BCUT2D eigenvalue weighted by Crippen LogP contribution is -2.43. The number of carbonyl (C=O) groups excluding carboxylic acids is 2. The van der Waals surface area contributed by atoms with Gasteiger partial charge in [-0.15, -0.1) is 23.1 Å². The third-order valence-corrected chi connectivity index (χ3v) is 8.42. The molecule has 3 heterocycles. The van der Waals surface area contributed by atoms with E-state index in [2.05, 4.69) is 5.32 Å². The van der Waals surface area contributed by atoms with Crippen LogP contribution < -0.4 is 10.2 Å². The predicted octanol–water partition coefficient (Wildman–Crippen LogP) is 4.98. The normalized spacial score (nSPS) is 15.3. The van der Waals surface area contributed by atoms with Gasteiger partial charge in [-0.25, -0.2) is 9.07 Å². The van der Waals surface area contributed by atoms with Crippen LogP contribution in [0.3, 0.4) is 0 Å². The summed E-state index contributed by atoms with van der Waals surface area (Å²) in [5, 5.41) is 9.29. The quantitative estimate of drug-likeness (QED) is 0.313. The monoisotopic (exact) mass is 550 g/mol. The lowest BCUT2D eigenvalue weighted by molar-refractivity contribution is -0.123. The summed E-state index contributed by atoms with van der Waals surface area (Å²) in [6, 6.07) is 18.3. The first-order chi connectivity index (χ1) is 18.5. The van der Waals surface area contributed by atoms with Crippen molar-refractivity contribution in [2.24, 2.45) is 0 Å². The van der Waals surface area contributed by atoms with E-state index in [-0.39, 0.29) is 29.9 Å². The highest BCUT2D eigenvalue weighted by Crippen LogP contribution is 2.49. The first kappa shape index (κ1) is 26.1. The van der Waals surface area contributed by atoms with Gasteiger partial charge < -0.3 is 10.1 Å². The van der Waals surface area contributed by atoms with E-state index in [1.807, 2.05) is 48.7 Å². The van der Waals surface area contributed by atoms with Crippen LogP contribution in [0.1, 0.15) is 21.9 Å². The topological polar surface area (TPSA) is 76.5 Å². The Hall–Kier alpha value is -3.47. The van der Waals surface area contributed by atoms with Gasteiger partial charge in [0.15, 0.2) is 0 Å². The molecule has 2 aromatic heterocycles. The van der Waals surface area contributed by atoms with Crippen LogP contribution in [0.2, 0.25) is 0 Å². The molecule has 1 unspecified atom stereocenters. The van der Waals surface area contributed by atoms with Gasteiger partial charge in [0.1, 0.15) is 23.9 Å². The molecule has 38 heavy (non-hydrogen) atoms. The number of methoxy groups -OCH3 is 1. The van der Waals surface area contributed by atoms with Gasteiger partial charge in [0, 0.05) is 24.8 Å². The van der Waals surface area contributed by atoms with Gasteiger partial charge in [-0.1, -0.05) is 42.5 Å². The van der Waals surface area contributed by atoms with E-state index in [0.29, 0.717) is 35.8 Å². The molecule has 0 radical (unpaired) electrons. The summed E-state index contributed by atoms with van der Waals surface area (Å²) in [6.07, 6.45) is 0. The molecule has 0 bridgehead atoms. The number of thioether (sulfide) groups is 1. The second-order valence-electron chi connectivity index (χ2n) is 8.80. The standard InChI is InChI=1S/C28H27FN4O3S2/c1-18-8-3-6-11-21(18)33-28-25(26(31-33)22-12-7-15-37-22)27(19-9-4-5-10-20(19)29)38-17-24(35)32(28)16-23(34)30-13-14-36-2/h3-12,15,27H,13-14,16-17H2,1-2H3,(H,30,34). The predicted molar refractivity (Wildman–Crippen MR) is 150 cm³/mol. The highest BCUT2D eigenvalue weighted by atomic mass is 32.2. The van der Waals surface area contributed by atoms with E-state index < -0.39 is 5.25 Å². The summed E-state index contributed by atoms with van der Waals surface area (Å²) < 4.78 is 22.0. The number of hydrogen-bond donors (Lipinski definition) is 1. The molecule has 5 rings (SSSR count). The lowest BCUT2D eigenvalue weighted by atomic mass is 10.0. The van der Waals surface area contributed by atoms with Crippen LogP contribution in [0.5, 0.6) is 0 Å². The Bertz CT molecular complexity index is 1450. The van der Waals surface area contributed by atoms with E-state index in [1.165, 1.54) is 34.1 Å². The summed E-state index contributed by atoms with van der Waals surface area (Å²) in [6.45, 7) is 2.47. The molecule has 2 aromatic carbocycles. The summed E-state index contributed by atoms with van der Waals surface area (Å²) in [4.78, 5) is 29.0. The summed E-state index contributed by atoms with van der Waals surface area (Å²) >= 11 is 2.87. The number of thiophene rings is 1. The van der Waals surface area contributed by atoms with Crippen LogP contribution in [-0.4, -0.2) is 54.2 Å². The van der Waals surface area contributed by atoms with Crippen molar-refractivity contribution in [3.05, 3.63) is 88.6 Å². The van der Waals surface area contributed by atoms with Gasteiger partial charge in [-0.05, 0) is 36.1 Å². The van der Waals surface area contributed by atoms with Crippen LogP contribution in [-0.2, 0) is 14.3 Å². The zero-order valence-electron chi connectivity index (χ0n) is 21.0. The van der Waals surface area contributed by atoms with Crippen molar-refractivity contribution in [3.63, 3.8) is 0 Å². The fourth-order valence-corrected chi connectivity index (χ4v) is 6.45. The minimum Gasteiger partial charge on any atom is -0.383 e. The summed E-state index contributed by atoms with van der Waals surface area (Å²) in [7, 11) is 1.56. The van der Waals surface area contributed by atoms with E-state index in [9.17, 15) is 9.59 Å². The molecule has 1 N–H and O–H groups in total. The number of benzene rings is 2. The molecule has 10 heteroatoms. The van der Waals surface area contributed by atoms with Gasteiger partial charge in [0.05, 0.1) is 28.2 Å². The number of hydrogen-bond acceptors (Lipinski definition) is 6. The Kier molecular flexibility index (Phi) is 7.92. The van der Waals surface area contributed by atoms with E-state index in [4.69, 9.17) is 9.84 Å². The van der Waals surface area contributed by atoms with E-state index >= 15 is 4.39 Å². The molecule has 0 spiro atoms. The first-order valence-corrected chi connectivity index (χ1v) is 14.1. The molecule has 0 saturated heterocycles. The molecule has 0 aliphatic carbocycles. The Labute approximate surface area is 228 Å². The number of carbonyl (C=O) groups is 2. The number of amides is 2. The minimum absolute atomic E-state index is 0.0800. The van der Waals surface area contributed by atoms with Crippen molar-refractivity contribution >= 4 is 40.7 Å². The molecule has 1 atom stereocenters. The second kappa shape index (κ2) is 11.5. The minimum atomic E-state index is -0.508. The van der Waals surface area contributed by atoms with E-state index in [0.717, 1.165) is 16.1 Å². The smallest absolute Gasteiger partial charge is 0.240 e. The van der Waals surface area contributed by atoms with Gasteiger partial charge in [0.25, 0.3) is 0 Å². The molecule has 0 saturated carbocycles. The van der Waals surface area contributed by atoms with Crippen molar-refractivity contribution in [2.75, 3.05) is 37.5 Å². The molecule has 7 nitrogen and oxygen atoms in total. The van der Waals surface area contributed by atoms with Crippen molar-refractivity contribution in [1.82, 2.24) is 15.1 Å². The molecular formula is C28H27FN4O3S2. The zero-order chi connectivity index (χ0) is 26.6. The maximum atomic E-state index is 15.2. The molecule has 1 aliphatic rings. The Morgan fingerprint density at radius 1 is 1.16 bits per heavy atom. The van der Waals surface area contributed by atoms with E-state index in [1.54, 1.807) is 30.0 Å². The van der Waals surface area contributed by atoms with Crippen LogP contribution in [0.25, 0.3) is 16.3 Å². The number of anilines is 1. The Morgan fingerprint density at radius 2 is 1.95 bits per heavy atom. The number of aryl methyl sites for hydroxylation is 1. The molecule has 1 aliphatic heterocycles. The number of ether oxygens (including phenoxy) is 1. The Balaban J connectivity index is 1.76. The molecule has 2 amide bonds. The largest absolute Gasteiger partial charge is 0.383 e. The van der Waals surface area contributed by atoms with Crippen molar-refractivity contribution in [2.45, 2.75) is 12.2 Å². The van der Waals surface area contributed by atoms with Crippen LogP contribution in [0.4, 0.5) is 10.2 Å². The van der Waals surface area contributed by atoms with Gasteiger partial charge in [-0.3, -0.25) is 14.5 Å². The second-order valence-corrected chi connectivity index (χ2v) is 10.8. The van der Waals surface area contributed by atoms with Crippen molar-refractivity contribution in [1.29, 1.82) is 0 Å². The Morgan fingerprint density at radius 3 is 2.68 bits per heavy atom. The lowest BCUT2D eigenvalue weighted by Gasteiger charge is -2.23. The zero-order valence-corrected chi connectivity index (χ0v) is 22.7. The maximum absolute atomic E-state index is 15.2. The summed E-state index contributed by atoms with van der Waals surface area (Å²) in [5.74, 6) is -0.352. The van der Waals surface area contributed by atoms with Crippen LogP contribution in [0, 0.1) is 12.7 Å². The number of halogens is 1. The fourth-order valence-electron chi connectivity index (χ4n) is 4.51. The average Bonchev–Trinajstić information content (AvgIpc) is 3.55. The summed E-state index contributed by atoms with van der Waals surface area (Å²) in [5.41, 5.74) is 3.58. The number of rotatable bonds is 8. The fraction of sp³-hybridized carbons (Fsp3) is 0.250. The number of fused-ring (bicyclic) bond motifs is 1. The number of para-hydroxylation sites is 1. The van der Waals surface area contributed by atoms with Crippen LogP contribution in [0.15, 0.2) is 66.0 Å². The molecule has 4 aromatic rings. The molecule has 196 valence electrons. The number of nitrogens with one attached hydrogen (secondary N) is 1. The highest BCUT2D eigenvalue weighted by Gasteiger charge is 2.38. The highest BCUT2D eigenvalue weighted by molar-refractivity contribution is 8.00. The van der Waals surface area contributed by atoms with Crippen molar-refractivity contribution < 1.29 is 18.7 Å². The maximum Gasteiger partial charge on any atom is 0.240 e. The number of aromatic nitrogens is 2. The first-order valence-electron chi connectivity index (χ1n) is 12.1. The van der Waals surface area contributed by atoms with Crippen molar-refractivity contribution in [3.8, 4) is 16.3 Å². The molecule has 0 fully saturated rings. The SMILES string of the molecule is COCCNC(=O)CN1C(=O)CSC(c2ccccc2F)c2c(-c3cccs3)nn(-c3ccccc3C)c21.